The van der Waals surface area contributed by atoms with E-state index in [-0.39, 0.29) is 11.7 Å². The van der Waals surface area contributed by atoms with Gasteiger partial charge in [-0.3, -0.25) is 4.79 Å². The smallest absolute Gasteiger partial charge is 0.267 e. The van der Waals surface area contributed by atoms with Crippen LogP contribution in [0, 0.1) is 12.7 Å². The van der Waals surface area contributed by atoms with Crippen LogP contribution >= 0.6 is 0 Å². The number of amides is 1. The molecule has 0 saturated heterocycles. The molecule has 1 heterocycles. The molecule has 1 N–H and O–H groups in total. The minimum absolute atomic E-state index is 0.339. The lowest BCUT2D eigenvalue weighted by Crippen LogP contribution is -2.42. The summed E-state index contributed by atoms with van der Waals surface area (Å²) in [5.41, 5.74) is 1.14. The summed E-state index contributed by atoms with van der Waals surface area (Å²) in [4.78, 5) is 12.6. The molecule has 1 aromatic heterocycles. The van der Waals surface area contributed by atoms with Gasteiger partial charge in [0, 0.05) is 5.69 Å². The molecule has 0 atom stereocenters. The summed E-state index contributed by atoms with van der Waals surface area (Å²) >= 11 is 0. The molecular weight excluding hydrogens is 337 g/mol. The number of hydrogen-bond acceptors (Lipinski definition) is 5. The molecule has 3 rings (SSSR count). The number of nitrogens with one attached hydrogen (secondary N) is 1. The Bertz CT molecular complexity index is 908. The minimum Gasteiger partial charge on any atom is -0.478 e. The predicted molar refractivity (Wildman–Crippen MR) is 93.6 cm³/mol. The molecule has 0 fully saturated rings. The Morgan fingerprint density at radius 2 is 1.92 bits per heavy atom. The Hall–Kier alpha value is -3.29. The molecule has 1 amide bonds. The summed E-state index contributed by atoms with van der Waals surface area (Å²) in [7, 11) is 0. The first kappa shape index (κ1) is 17.5. The molecule has 0 radical (unpaired) electrons. The van der Waals surface area contributed by atoms with Crippen LogP contribution < -0.4 is 10.1 Å². The van der Waals surface area contributed by atoms with E-state index in [1.54, 1.807) is 26.0 Å². The Balaban J connectivity index is 1.76. The van der Waals surface area contributed by atoms with Gasteiger partial charge in [0.2, 0.25) is 0 Å². The normalized spacial score (nSPS) is 11.2. The number of carbonyl (C=O) groups excluding carboxylic acids is 1. The number of anilines is 1. The first-order valence-electron chi connectivity index (χ1n) is 7.95. The highest BCUT2D eigenvalue weighted by Crippen LogP contribution is 2.22. The van der Waals surface area contributed by atoms with E-state index in [0.717, 1.165) is 11.3 Å². The molecule has 8 heteroatoms. The van der Waals surface area contributed by atoms with Gasteiger partial charge in [-0.1, -0.05) is 6.07 Å². The fourth-order valence-corrected chi connectivity index (χ4v) is 2.33. The van der Waals surface area contributed by atoms with Gasteiger partial charge < -0.3 is 10.1 Å². The van der Waals surface area contributed by atoms with Crippen LogP contribution in [0.2, 0.25) is 0 Å². The molecule has 134 valence electrons. The van der Waals surface area contributed by atoms with E-state index in [1.807, 2.05) is 13.0 Å². The Labute approximate surface area is 149 Å². The SMILES string of the molecule is Cc1ccc(NC(=O)C(C)(C)Oc2ccc(F)cc2)cc1-n1cnnn1. The van der Waals surface area contributed by atoms with Crippen molar-refractivity contribution >= 4 is 11.6 Å². The lowest BCUT2D eigenvalue weighted by Gasteiger charge is -2.25. The van der Waals surface area contributed by atoms with Crippen LogP contribution in [0.5, 0.6) is 5.75 Å². The number of ether oxygens (including phenoxy) is 1. The van der Waals surface area contributed by atoms with Crippen molar-refractivity contribution < 1.29 is 13.9 Å². The fraction of sp³-hybridized carbons (Fsp3) is 0.222. The van der Waals surface area contributed by atoms with Crippen molar-refractivity contribution in [1.82, 2.24) is 20.2 Å². The Kier molecular flexibility index (Phi) is 4.66. The highest BCUT2D eigenvalue weighted by atomic mass is 19.1. The van der Waals surface area contributed by atoms with E-state index in [4.69, 9.17) is 4.74 Å². The van der Waals surface area contributed by atoms with Crippen LogP contribution in [0.15, 0.2) is 48.8 Å². The summed E-state index contributed by atoms with van der Waals surface area (Å²) in [6.45, 7) is 5.20. The third-order valence-electron chi connectivity index (χ3n) is 3.80. The Morgan fingerprint density at radius 3 is 2.58 bits per heavy atom. The van der Waals surface area contributed by atoms with Crippen molar-refractivity contribution in [2.45, 2.75) is 26.4 Å². The number of tetrazole rings is 1. The number of benzene rings is 2. The second-order valence-electron chi connectivity index (χ2n) is 6.28. The molecule has 0 saturated carbocycles. The van der Waals surface area contributed by atoms with E-state index in [0.29, 0.717) is 11.4 Å². The molecule has 0 aliphatic rings. The second kappa shape index (κ2) is 6.91. The second-order valence-corrected chi connectivity index (χ2v) is 6.28. The van der Waals surface area contributed by atoms with Crippen molar-refractivity contribution in [1.29, 1.82) is 0 Å². The van der Waals surface area contributed by atoms with E-state index in [2.05, 4.69) is 20.8 Å². The lowest BCUT2D eigenvalue weighted by atomic mass is 10.1. The van der Waals surface area contributed by atoms with Gasteiger partial charge in [0.05, 0.1) is 5.69 Å². The maximum atomic E-state index is 13.0. The number of hydrogen-bond donors (Lipinski definition) is 1. The van der Waals surface area contributed by atoms with Crippen LogP contribution in [-0.4, -0.2) is 31.7 Å². The number of rotatable bonds is 5. The quantitative estimate of drug-likeness (QED) is 0.761. The van der Waals surface area contributed by atoms with Crippen molar-refractivity contribution in [3.8, 4) is 11.4 Å². The zero-order chi connectivity index (χ0) is 18.7. The lowest BCUT2D eigenvalue weighted by molar-refractivity contribution is -0.128. The van der Waals surface area contributed by atoms with Gasteiger partial charge in [-0.2, -0.15) is 0 Å². The summed E-state index contributed by atoms with van der Waals surface area (Å²) in [5.74, 6) is -0.299. The minimum atomic E-state index is -1.16. The Morgan fingerprint density at radius 1 is 1.19 bits per heavy atom. The van der Waals surface area contributed by atoms with Crippen molar-refractivity contribution in [2.75, 3.05) is 5.32 Å². The number of carbonyl (C=O) groups is 1. The molecule has 26 heavy (non-hydrogen) atoms. The number of aryl methyl sites for hydroxylation is 1. The van der Waals surface area contributed by atoms with E-state index < -0.39 is 5.60 Å². The van der Waals surface area contributed by atoms with Gasteiger partial charge in [-0.15, -0.1) is 5.10 Å². The topological polar surface area (TPSA) is 81.9 Å². The van der Waals surface area contributed by atoms with Crippen LogP contribution in [0.4, 0.5) is 10.1 Å². The first-order valence-corrected chi connectivity index (χ1v) is 7.95. The molecule has 3 aromatic rings. The summed E-state index contributed by atoms with van der Waals surface area (Å²) < 4.78 is 20.2. The molecule has 2 aromatic carbocycles. The predicted octanol–water partition coefficient (Wildman–Crippen LogP) is 2.91. The van der Waals surface area contributed by atoms with Crippen molar-refractivity contribution in [3.63, 3.8) is 0 Å². The van der Waals surface area contributed by atoms with Gasteiger partial charge >= 0.3 is 0 Å². The molecule has 7 nitrogen and oxygen atoms in total. The zero-order valence-corrected chi connectivity index (χ0v) is 14.6. The fourth-order valence-electron chi connectivity index (χ4n) is 2.33. The standard InChI is InChI=1S/C18H18FN5O2/c1-12-4-7-14(10-16(12)24-11-20-22-23-24)21-17(25)18(2,3)26-15-8-5-13(19)6-9-15/h4-11H,1-3H3,(H,21,25). The molecule has 0 bridgehead atoms. The van der Waals surface area contributed by atoms with Gasteiger partial charge in [-0.05, 0) is 73.2 Å². The summed E-state index contributed by atoms with van der Waals surface area (Å²) in [6.07, 6.45) is 1.48. The highest BCUT2D eigenvalue weighted by molar-refractivity contribution is 5.97. The zero-order valence-electron chi connectivity index (χ0n) is 14.6. The van der Waals surface area contributed by atoms with Gasteiger partial charge in [-0.25, -0.2) is 9.07 Å². The van der Waals surface area contributed by atoms with E-state index in [9.17, 15) is 9.18 Å². The molecule has 0 spiro atoms. The maximum absolute atomic E-state index is 13.0. The average molecular weight is 355 g/mol. The average Bonchev–Trinajstić information content (AvgIpc) is 3.13. The maximum Gasteiger partial charge on any atom is 0.267 e. The number of nitrogens with zero attached hydrogens (tertiary/aromatic N) is 4. The van der Waals surface area contributed by atoms with Gasteiger partial charge in [0.15, 0.2) is 5.60 Å². The monoisotopic (exact) mass is 355 g/mol. The highest BCUT2D eigenvalue weighted by Gasteiger charge is 2.30. The van der Waals surface area contributed by atoms with Crippen LogP contribution in [0.1, 0.15) is 19.4 Å². The third-order valence-corrected chi connectivity index (χ3v) is 3.80. The van der Waals surface area contributed by atoms with Crippen molar-refractivity contribution in [3.05, 3.63) is 60.2 Å². The van der Waals surface area contributed by atoms with E-state index in [1.165, 1.54) is 35.3 Å². The van der Waals surface area contributed by atoms with Gasteiger partial charge in [0.1, 0.15) is 17.9 Å². The van der Waals surface area contributed by atoms with Crippen molar-refractivity contribution in [2.24, 2.45) is 0 Å². The largest absolute Gasteiger partial charge is 0.478 e. The summed E-state index contributed by atoms with van der Waals surface area (Å²) in [5, 5.41) is 13.9. The third kappa shape index (κ3) is 3.85. The summed E-state index contributed by atoms with van der Waals surface area (Å²) in [6, 6.07) is 10.9. The number of halogens is 1. The number of aromatic nitrogens is 4. The van der Waals surface area contributed by atoms with E-state index >= 15 is 0 Å². The van der Waals surface area contributed by atoms with Gasteiger partial charge in [0.25, 0.3) is 5.91 Å². The molecule has 0 aliphatic heterocycles. The molecule has 0 unspecified atom stereocenters. The molecular formula is C18H18FN5O2. The molecule has 0 aliphatic carbocycles. The van der Waals surface area contributed by atoms with Crippen LogP contribution in [0.25, 0.3) is 5.69 Å². The van der Waals surface area contributed by atoms with Crippen LogP contribution in [0.3, 0.4) is 0 Å². The van der Waals surface area contributed by atoms with Crippen LogP contribution in [-0.2, 0) is 4.79 Å². The first-order chi connectivity index (χ1) is 12.3.